The number of carboxylic acid groups (broad SMARTS) is 1. The molecule has 112 valence electrons. The fraction of sp³-hybridized carbons (Fsp3) is 0.333. The molecular weight excluding hydrogens is 270 g/mol. The van der Waals surface area contributed by atoms with E-state index in [2.05, 4.69) is 4.98 Å². The molecule has 3 rings (SSSR count). The second kappa shape index (κ2) is 5.97. The van der Waals surface area contributed by atoms with Crippen molar-refractivity contribution in [2.24, 2.45) is 11.5 Å². The molecule has 6 N–H and O–H groups in total. The van der Waals surface area contributed by atoms with E-state index >= 15 is 0 Å². The molecule has 0 bridgehead atoms. The van der Waals surface area contributed by atoms with Crippen LogP contribution in [0.4, 0.5) is 0 Å². The van der Waals surface area contributed by atoms with Crippen LogP contribution in [0.3, 0.4) is 0 Å². The van der Waals surface area contributed by atoms with Crippen molar-refractivity contribution < 1.29 is 14.7 Å². The lowest BCUT2D eigenvalue weighted by atomic mass is 9.86. The first-order chi connectivity index (χ1) is 9.93. The van der Waals surface area contributed by atoms with E-state index < -0.39 is 5.97 Å². The second-order valence-corrected chi connectivity index (χ2v) is 5.11. The van der Waals surface area contributed by atoms with Crippen LogP contribution in [-0.2, 0) is 17.6 Å². The minimum atomic E-state index is -0.745. The Labute approximate surface area is 122 Å². The van der Waals surface area contributed by atoms with Gasteiger partial charge in [-0.25, -0.2) is 0 Å². The van der Waals surface area contributed by atoms with Crippen molar-refractivity contribution in [1.29, 1.82) is 0 Å². The second-order valence-electron chi connectivity index (χ2n) is 5.11. The number of carbonyl (C=O) groups is 2. The van der Waals surface area contributed by atoms with Gasteiger partial charge >= 0.3 is 5.97 Å². The Balaban J connectivity index is 0.000000282. The Hall–Kier alpha value is -2.34. The van der Waals surface area contributed by atoms with Crippen LogP contribution in [0.25, 0.3) is 10.9 Å². The molecule has 0 fully saturated rings. The normalized spacial score (nSPS) is 16.2. The number of aromatic amines is 1. The number of nitrogens with one attached hydrogen (secondary N) is 1. The van der Waals surface area contributed by atoms with Gasteiger partial charge in [0.1, 0.15) is 0 Å². The van der Waals surface area contributed by atoms with Crippen LogP contribution >= 0.6 is 0 Å². The first kappa shape index (κ1) is 15.1. The van der Waals surface area contributed by atoms with Crippen LogP contribution in [0, 0.1) is 0 Å². The lowest BCUT2D eigenvalue weighted by Crippen LogP contribution is -2.30. The summed E-state index contributed by atoms with van der Waals surface area (Å²) in [6.07, 6.45) is 3.77. The van der Waals surface area contributed by atoms with E-state index in [1.807, 2.05) is 12.3 Å². The number of hydrogen-bond acceptors (Lipinski definition) is 3. The molecule has 1 amide bonds. The Kier molecular flexibility index (Phi) is 4.28. The third-order valence-corrected chi connectivity index (χ3v) is 3.55. The Bertz CT molecular complexity index is 691. The van der Waals surface area contributed by atoms with Crippen molar-refractivity contribution in [3.05, 3.63) is 35.0 Å². The molecule has 1 aromatic heterocycles. The number of benzene rings is 1. The average Bonchev–Trinajstić information content (AvgIpc) is 2.83. The van der Waals surface area contributed by atoms with Gasteiger partial charge < -0.3 is 21.6 Å². The SMILES string of the molecule is CCC(=O)O.NC(=O)c1ccc2[nH]cc3c2c1CC(N)C3. The number of nitrogens with two attached hydrogens (primary N) is 2. The van der Waals surface area contributed by atoms with Crippen molar-refractivity contribution in [2.45, 2.75) is 32.2 Å². The van der Waals surface area contributed by atoms with Gasteiger partial charge in [0.05, 0.1) is 0 Å². The Morgan fingerprint density at radius 3 is 2.62 bits per heavy atom. The minimum Gasteiger partial charge on any atom is -0.481 e. The van der Waals surface area contributed by atoms with Gasteiger partial charge in [0.15, 0.2) is 0 Å². The maximum Gasteiger partial charge on any atom is 0.303 e. The van der Waals surface area contributed by atoms with Crippen LogP contribution in [0.1, 0.15) is 34.8 Å². The molecule has 6 heteroatoms. The van der Waals surface area contributed by atoms with Gasteiger partial charge in [-0.05, 0) is 36.1 Å². The van der Waals surface area contributed by atoms with Crippen LogP contribution in [0.15, 0.2) is 18.3 Å². The molecule has 0 radical (unpaired) electrons. The number of primary amides is 1. The molecule has 1 aliphatic rings. The zero-order chi connectivity index (χ0) is 15.6. The summed E-state index contributed by atoms with van der Waals surface area (Å²) in [5, 5.41) is 8.86. The van der Waals surface area contributed by atoms with Crippen LogP contribution < -0.4 is 11.5 Å². The Morgan fingerprint density at radius 1 is 1.38 bits per heavy atom. The maximum atomic E-state index is 11.4. The summed E-state index contributed by atoms with van der Waals surface area (Å²) in [5.41, 5.74) is 15.2. The number of carboxylic acids is 1. The van der Waals surface area contributed by atoms with E-state index in [-0.39, 0.29) is 18.4 Å². The number of hydrogen-bond donors (Lipinski definition) is 4. The third kappa shape index (κ3) is 3.05. The number of rotatable bonds is 2. The molecule has 0 aliphatic heterocycles. The molecule has 21 heavy (non-hydrogen) atoms. The summed E-state index contributed by atoms with van der Waals surface area (Å²) in [7, 11) is 0. The molecule has 6 nitrogen and oxygen atoms in total. The van der Waals surface area contributed by atoms with Gasteiger partial charge in [0.2, 0.25) is 5.91 Å². The van der Waals surface area contributed by atoms with Gasteiger partial charge in [0.25, 0.3) is 0 Å². The molecule has 0 saturated heterocycles. The lowest BCUT2D eigenvalue weighted by molar-refractivity contribution is -0.136. The summed E-state index contributed by atoms with van der Waals surface area (Å²) < 4.78 is 0. The first-order valence-corrected chi connectivity index (χ1v) is 6.83. The van der Waals surface area contributed by atoms with Gasteiger partial charge in [-0.15, -0.1) is 0 Å². The predicted molar refractivity (Wildman–Crippen MR) is 80.1 cm³/mol. The van der Waals surface area contributed by atoms with E-state index in [1.54, 1.807) is 13.0 Å². The smallest absolute Gasteiger partial charge is 0.303 e. The highest BCUT2D eigenvalue weighted by molar-refractivity contribution is 6.01. The predicted octanol–water partition coefficient (Wildman–Crippen LogP) is 1.17. The van der Waals surface area contributed by atoms with Gasteiger partial charge in [-0.2, -0.15) is 0 Å². The van der Waals surface area contributed by atoms with Crippen molar-refractivity contribution in [2.75, 3.05) is 0 Å². The molecule has 1 aromatic carbocycles. The zero-order valence-corrected chi connectivity index (χ0v) is 11.8. The van der Waals surface area contributed by atoms with Gasteiger partial charge in [0, 0.05) is 35.1 Å². The summed E-state index contributed by atoms with van der Waals surface area (Å²) in [4.78, 5) is 23.9. The van der Waals surface area contributed by atoms with Crippen LogP contribution in [0.5, 0.6) is 0 Å². The number of aliphatic carboxylic acids is 1. The van der Waals surface area contributed by atoms with Gasteiger partial charge in [-0.1, -0.05) is 6.92 Å². The fourth-order valence-electron chi connectivity index (χ4n) is 2.59. The fourth-order valence-corrected chi connectivity index (χ4v) is 2.59. The van der Waals surface area contributed by atoms with E-state index in [1.165, 1.54) is 5.56 Å². The minimum absolute atomic E-state index is 0.0759. The third-order valence-electron chi connectivity index (χ3n) is 3.55. The highest BCUT2D eigenvalue weighted by atomic mass is 16.4. The summed E-state index contributed by atoms with van der Waals surface area (Å²) in [5.74, 6) is -1.12. The molecule has 1 atom stereocenters. The van der Waals surface area contributed by atoms with E-state index in [0.717, 1.165) is 29.3 Å². The van der Waals surface area contributed by atoms with Crippen molar-refractivity contribution in [3.8, 4) is 0 Å². The average molecular weight is 289 g/mol. The highest BCUT2D eigenvalue weighted by Gasteiger charge is 2.23. The maximum absolute atomic E-state index is 11.4. The molecule has 0 saturated carbocycles. The standard InChI is InChI=1S/C12H13N3O.C3H6O2/c13-7-3-6-5-15-10-2-1-8(12(14)16)9(4-7)11(6)10;1-2-3(4)5/h1-2,5,7,15H,3-4,13H2,(H2,14,16);2H2,1H3,(H,4,5). The lowest BCUT2D eigenvalue weighted by Gasteiger charge is -2.20. The molecule has 2 aromatic rings. The van der Waals surface area contributed by atoms with E-state index in [9.17, 15) is 9.59 Å². The number of carbonyl (C=O) groups excluding carboxylic acids is 1. The van der Waals surface area contributed by atoms with E-state index in [0.29, 0.717) is 5.56 Å². The van der Waals surface area contributed by atoms with Crippen molar-refractivity contribution in [3.63, 3.8) is 0 Å². The molecule has 1 heterocycles. The topological polar surface area (TPSA) is 122 Å². The van der Waals surface area contributed by atoms with Crippen LogP contribution in [0.2, 0.25) is 0 Å². The zero-order valence-electron chi connectivity index (χ0n) is 11.8. The summed E-state index contributed by atoms with van der Waals surface area (Å²) in [6.45, 7) is 1.60. The summed E-state index contributed by atoms with van der Waals surface area (Å²) in [6, 6.07) is 3.75. The number of amides is 1. The molecule has 0 spiro atoms. The van der Waals surface area contributed by atoms with E-state index in [4.69, 9.17) is 16.6 Å². The molecule has 1 unspecified atom stereocenters. The number of H-pyrrole nitrogens is 1. The van der Waals surface area contributed by atoms with Gasteiger partial charge in [-0.3, -0.25) is 9.59 Å². The summed E-state index contributed by atoms with van der Waals surface area (Å²) >= 11 is 0. The van der Waals surface area contributed by atoms with Crippen molar-refractivity contribution >= 4 is 22.8 Å². The quantitative estimate of drug-likeness (QED) is 0.662. The van der Waals surface area contributed by atoms with Crippen LogP contribution in [-0.4, -0.2) is 28.0 Å². The highest BCUT2D eigenvalue weighted by Crippen LogP contribution is 2.31. The molecular formula is C15H19N3O3. The Morgan fingerprint density at radius 2 is 2.05 bits per heavy atom. The van der Waals surface area contributed by atoms with Crippen molar-refractivity contribution in [1.82, 2.24) is 4.98 Å². The first-order valence-electron chi connectivity index (χ1n) is 6.83. The monoisotopic (exact) mass is 289 g/mol. The number of aromatic nitrogens is 1. The largest absolute Gasteiger partial charge is 0.481 e. The molecule has 1 aliphatic carbocycles.